The lowest BCUT2D eigenvalue weighted by Gasteiger charge is -2.13. The third-order valence-electron chi connectivity index (χ3n) is 3.49. The van der Waals surface area contributed by atoms with Gasteiger partial charge in [0.05, 0.1) is 29.7 Å². The van der Waals surface area contributed by atoms with Crippen LogP contribution in [0.2, 0.25) is 5.02 Å². The van der Waals surface area contributed by atoms with Crippen LogP contribution in [-0.4, -0.2) is 20.7 Å². The van der Waals surface area contributed by atoms with Crippen molar-refractivity contribution in [3.05, 3.63) is 76.8 Å². The van der Waals surface area contributed by atoms with Crippen LogP contribution in [0.5, 0.6) is 0 Å². The van der Waals surface area contributed by atoms with Gasteiger partial charge in [0.25, 0.3) is 5.91 Å². The number of benzene rings is 1. The maximum Gasteiger partial charge on any atom is 0.434 e. The summed E-state index contributed by atoms with van der Waals surface area (Å²) in [5.41, 5.74) is -1.11. The number of rotatable bonds is 4. The molecule has 0 aliphatic carbocycles. The van der Waals surface area contributed by atoms with Gasteiger partial charge in [-0.05, 0) is 30.3 Å². The molecule has 0 saturated carbocycles. The Bertz CT molecular complexity index is 925. The Morgan fingerprint density at radius 2 is 2.00 bits per heavy atom. The zero-order chi connectivity index (χ0) is 18.7. The predicted octanol–water partition coefficient (Wildman–Crippen LogP) is 3.87. The molecule has 0 aliphatic rings. The average molecular weight is 381 g/mol. The highest BCUT2D eigenvalue weighted by Crippen LogP contribution is 2.34. The molecule has 2 aromatic heterocycles. The van der Waals surface area contributed by atoms with Crippen molar-refractivity contribution in [1.29, 1.82) is 0 Å². The second-order valence-corrected chi connectivity index (χ2v) is 5.74. The van der Waals surface area contributed by atoms with E-state index in [1.165, 1.54) is 30.5 Å². The van der Waals surface area contributed by atoms with Crippen LogP contribution < -0.4 is 5.32 Å². The minimum Gasteiger partial charge on any atom is -0.346 e. The molecule has 0 fully saturated rings. The van der Waals surface area contributed by atoms with E-state index in [-0.39, 0.29) is 17.3 Å². The summed E-state index contributed by atoms with van der Waals surface area (Å²) in [6.07, 6.45) is -2.37. The van der Waals surface area contributed by atoms with E-state index in [2.05, 4.69) is 15.4 Å². The molecule has 0 saturated heterocycles. The van der Waals surface area contributed by atoms with Gasteiger partial charge in [0.1, 0.15) is 0 Å². The molecule has 0 unspecified atom stereocenters. The average Bonchev–Trinajstić information content (AvgIpc) is 3.06. The van der Waals surface area contributed by atoms with Crippen molar-refractivity contribution in [2.45, 2.75) is 12.7 Å². The largest absolute Gasteiger partial charge is 0.434 e. The molecule has 0 atom stereocenters. The second-order valence-electron chi connectivity index (χ2n) is 5.30. The Morgan fingerprint density at radius 1 is 1.19 bits per heavy atom. The molecule has 26 heavy (non-hydrogen) atoms. The summed E-state index contributed by atoms with van der Waals surface area (Å²) >= 11 is 5.84. The van der Waals surface area contributed by atoms with Crippen LogP contribution in [0.3, 0.4) is 0 Å². The molecular formula is C17H12ClF3N4O. The minimum absolute atomic E-state index is 0.000679. The maximum absolute atomic E-state index is 13.6. The predicted molar refractivity (Wildman–Crippen MR) is 89.0 cm³/mol. The number of carbonyl (C=O) groups excluding carboxylic acids is 1. The molecule has 134 valence electrons. The summed E-state index contributed by atoms with van der Waals surface area (Å²) in [7, 11) is 0. The van der Waals surface area contributed by atoms with Gasteiger partial charge in [-0.1, -0.05) is 23.7 Å². The third kappa shape index (κ3) is 3.85. The molecule has 0 bridgehead atoms. The van der Waals surface area contributed by atoms with Crippen LogP contribution in [0.15, 0.2) is 54.9 Å². The number of nitrogens with one attached hydrogen (secondary N) is 1. The van der Waals surface area contributed by atoms with Crippen molar-refractivity contribution < 1.29 is 18.0 Å². The first kappa shape index (κ1) is 17.9. The fourth-order valence-electron chi connectivity index (χ4n) is 2.36. The van der Waals surface area contributed by atoms with Crippen LogP contribution in [0, 0.1) is 0 Å². The first-order chi connectivity index (χ1) is 12.4. The molecule has 1 N–H and O–H groups in total. The number of alkyl halides is 3. The number of carbonyl (C=O) groups is 1. The van der Waals surface area contributed by atoms with Crippen molar-refractivity contribution in [2.24, 2.45) is 0 Å². The summed E-state index contributed by atoms with van der Waals surface area (Å²) < 4.78 is 41.4. The molecule has 3 aromatic rings. The molecular weight excluding hydrogens is 369 g/mol. The lowest BCUT2D eigenvalue weighted by molar-refractivity contribution is -0.143. The van der Waals surface area contributed by atoms with Crippen molar-refractivity contribution in [3.8, 4) is 5.69 Å². The number of pyridine rings is 1. The molecule has 2 heterocycles. The van der Waals surface area contributed by atoms with E-state index in [0.29, 0.717) is 10.4 Å². The Hall–Kier alpha value is -2.87. The monoisotopic (exact) mass is 380 g/mol. The number of hydrogen-bond donors (Lipinski definition) is 1. The van der Waals surface area contributed by atoms with Gasteiger partial charge in [-0.25, -0.2) is 4.68 Å². The zero-order valence-electron chi connectivity index (χ0n) is 13.2. The SMILES string of the molecule is O=C(NCc1ccccn1)c1cnn(-c2cccc(Cl)c2)c1C(F)(F)F. The first-order valence-electron chi connectivity index (χ1n) is 7.45. The standard InChI is InChI=1S/C17H12ClF3N4O/c18-11-4-3-6-13(8-11)25-15(17(19,20)21)14(10-24-25)16(26)23-9-12-5-1-2-7-22-12/h1-8,10H,9H2,(H,23,26). The van der Waals surface area contributed by atoms with Crippen molar-refractivity contribution in [2.75, 3.05) is 0 Å². The van der Waals surface area contributed by atoms with Gasteiger partial charge < -0.3 is 5.32 Å². The van der Waals surface area contributed by atoms with Crippen LogP contribution >= 0.6 is 11.6 Å². The lowest BCUT2D eigenvalue weighted by Crippen LogP contribution is -2.26. The Labute approximate surface area is 151 Å². The fourth-order valence-corrected chi connectivity index (χ4v) is 2.54. The Kier molecular flexibility index (Phi) is 4.94. The minimum atomic E-state index is -4.78. The molecule has 0 aliphatic heterocycles. The summed E-state index contributed by atoms with van der Waals surface area (Å²) in [6, 6.07) is 10.8. The van der Waals surface area contributed by atoms with Crippen molar-refractivity contribution >= 4 is 17.5 Å². The molecule has 1 amide bonds. The van der Waals surface area contributed by atoms with Gasteiger partial charge in [0, 0.05) is 11.2 Å². The van der Waals surface area contributed by atoms with Gasteiger partial charge >= 0.3 is 6.18 Å². The van der Waals surface area contributed by atoms with Gasteiger partial charge in [-0.15, -0.1) is 0 Å². The normalized spacial score (nSPS) is 11.4. The van der Waals surface area contributed by atoms with Crippen molar-refractivity contribution in [1.82, 2.24) is 20.1 Å². The summed E-state index contributed by atoms with van der Waals surface area (Å²) in [4.78, 5) is 16.3. The van der Waals surface area contributed by atoms with E-state index in [9.17, 15) is 18.0 Å². The fraction of sp³-hybridized carbons (Fsp3) is 0.118. The van der Waals surface area contributed by atoms with Gasteiger partial charge in [0.15, 0.2) is 5.69 Å². The third-order valence-corrected chi connectivity index (χ3v) is 3.73. The van der Waals surface area contributed by atoms with E-state index < -0.39 is 23.3 Å². The quantitative estimate of drug-likeness (QED) is 0.747. The number of aromatic nitrogens is 3. The Morgan fingerprint density at radius 3 is 2.65 bits per heavy atom. The van der Waals surface area contributed by atoms with Gasteiger partial charge in [-0.2, -0.15) is 18.3 Å². The highest BCUT2D eigenvalue weighted by Gasteiger charge is 2.40. The smallest absolute Gasteiger partial charge is 0.346 e. The topological polar surface area (TPSA) is 59.8 Å². The number of hydrogen-bond acceptors (Lipinski definition) is 3. The van der Waals surface area contributed by atoms with E-state index in [1.807, 2.05) is 0 Å². The molecule has 5 nitrogen and oxygen atoms in total. The van der Waals surface area contributed by atoms with Gasteiger partial charge in [0.2, 0.25) is 0 Å². The van der Waals surface area contributed by atoms with E-state index >= 15 is 0 Å². The molecule has 9 heteroatoms. The number of halogens is 4. The molecule has 0 radical (unpaired) electrons. The van der Waals surface area contributed by atoms with E-state index in [1.54, 1.807) is 18.2 Å². The van der Waals surface area contributed by atoms with Crippen molar-refractivity contribution in [3.63, 3.8) is 0 Å². The number of amides is 1. The maximum atomic E-state index is 13.6. The van der Waals surface area contributed by atoms with E-state index in [4.69, 9.17) is 11.6 Å². The molecule has 0 spiro atoms. The zero-order valence-corrected chi connectivity index (χ0v) is 13.9. The van der Waals surface area contributed by atoms with Crippen LogP contribution in [0.1, 0.15) is 21.7 Å². The van der Waals surface area contributed by atoms with Crippen LogP contribution in [0.4, 0.5) is 13.2 Å². The van der Waals surface area contributed by atoms with Crippen LogP contribution in [0.25, 0.3) is 5.69 Å². The number of nitrogens with zero attached hydrogens (tertiary/aromatic N) is 3. The van der Waals surface area contributed by atoms with Gasteiger partial charge in [-0.3, -0.25) is 9.78 Å². The Balaban J connectivity index is 1.93. The highest BCUT2D eigenvalue weighted by molar-refractivity contribution is 6.30. The molecule has 3 rings (SSSR count). The van der Waals surface area contributed by atoms with E-state index in [0.717, 1.165) is 6.20 Å². The summed E-state index contributed by atoms with van der Waals surface area (Å²) in [5, 5.41) is 6.41. The molecule has 1 aromatic carbocycles. The van der Waals surface area contributed by atoms with Crippen LogP contribution in [-0.2, 0) is 12.7 Å². The summed E-state index contributed by atoms with van der Waals surface area (Å²) in [5.74, 6) is -0.892. The lowest BCUT2D eigenvalue weighted by atomic mass is 10.2. The summed E-state index contributed by atoms with van der Waals surface area (Å²) in [6.45, 7) is -0.000679. The first-order valence-corrected chi connectivity index (χ1v) is 7.83. The highest BCUT2D eigenvalue weighted by atomic mass is 35.5. The second kappa shape index (κ2) is 7.17.